The van der Waals surface area contributed by atoms with Gasteiger partial charge in [-0.25, -0.2) is 9.79 Å². The molecule has 0 radical (unpaired) electrons. The van der Waals surface area contributed by atoms with Crippen LogP contribution < -0.4 is 20.3 Å². The van der Waals surface area contributed by atoms with Gasteiger partial charge in [0.15, 0.2) is 0 Å². The summed E-state index contributed by atoms with van der Waals surface area (Å²) in [4.78, 5) is 35.1. The third-order valence-corrected chi connectivity index (χ3v) is 5.62. The van der Waals surface area contributed by atoms with E-state index >= 15 is 0 Å². The lowest BCUT2D eigenvalue weighted by Gasteiger charge is -2.26. The molecule has 1 heterocycles. The summed E-state index contributed by atoms with van der Waals surface area (Å²) in [5, 5.41) is 5.53. The lowest BCUT2D eigenvalue weighted by Crippen LogP contribution is -2.50. The van der Waals surface area contributed by atoms with Crippen molar-refractivity contribution in [3.8, 4) is 5.75 Å². The van der Waals surface area contributed by atoms with Crippen molar-refractivity contribution in [1.29, 1.82) is 0 Å². The first-order valence-corrected chi connectivity index (χ1v) is 11.4. The highest BCUT2D eigenvalue weighted by Crippen LogP contribution is 2.28. The Hall–Kier alpha value is -4.17. The monoisotopic (exact) mass is 471 g/mol. The Morgan fingerprint density at radius 2 is 1.77 bits per heavy atom. The number of benzodiazepines with no additional fused rings is 1. The van der Waals surface area contributed by atoms with Crippen LogP contribution >= 0.6 is 0 Å². The average molecular weight is 472 g/mol. The van der Waals surface area contributed by atoms with Crippen LogP contribution in [-0.4, -0.2) is 63.0 Å². The summed E-state index contributed by atoms with van der Waals surface area (Å²) in [5.41, 5.74) is 3.65. The van der Waals surface area contributed by atoms with Crippen LogP contribution in [0.25, 0.3) is 0 Å². The van der Waals surface area contributed by atoms with Crippen molar-refractivity contribution in [1.82, 2.24) is 10.2 Å². The lowest BCUT2D eigenvalue weighted by atomic mass is 10.0. The van der Waals surface area contributed by atoms with Crippen molar-refractivity contribution in [2.24, 2.45) is 4.99 Å². The summed E-state index contributed by atoms with van der Waals surface area (Å²) < 4.78 is 5.22. The number of nitrogens with one attached hydrogen (secondary N) is 2. The van der Waals surface area contributed by atoms with Gasteiger partial charge in [0.05, 0.1) is 18.5 Å². The highest BCUT2D eigenvalue weighted by molar-refractivity contribution is 6.20. The number of aliphatic imine (C=N–C) groups is 1. The van der Waals surface area contributed by atoms with E-state index in [1.165, 1.54) is 0 Å². The second-order valence-corrected chi connectivity index (χ2v) is 8.39. The van der Waals surface area contributed by atoms with Crippen LogP contribution in [0.4, 0.5) is 16.2 Å². The van der Waals surface area contributed by atoms with E-state index in [0.29, 0.717) is 30.2 Å². The molecule has 1 atom stereocenters. The Morgan fingerprint density at radius 3 is 2.51 bits per heavy atom. The topological polar surface area (TPSA) is 86.3 Å². The van der Waals surface area contributed by atoms with Crippen LogP contribution in [0.2, 0.25) is 0 Å². The standard InChI is InChI=1S/C27H29N5O3/c1-31(2)16-17-32-23-15-8-7-14-22(23)24(19-10-5-4-6-11-19)29-25(26(32)33)30-27(34)28-20-12-9-13-21(18-20)35-3/h4-15,18,25H,16-17H2,1-3H3,(H2,28,30,34). The van der Waals surface area contributed by atoms with Gasteiger partial charge in [0.25, 0.3) is 5.91 Å². The molecule has 0 bridgehead atoms. The zero-order chi connectivity index (χ0) is 24.8. The van der Waals surface area contributed by atoms with Gasteiger partial charge in [0.2, 0.25) is 6.17 Å². The molecule has 1 aliphatic rings. The molecule has 4 rings (SSSR count). The number of rotatable bonds is 7. The molecule has 0 aliphatic carbocycles. The van der Waals surface area contributed by atoms with Crippen LogP contribution in [-0.2, 0) is 4.79 Å². The molecule has 0 spiro atoms. The maximum Gasteiger partial charge on any atom is 0.321 e. The highest BCUT2D eigenvalue weighted by Gasteiger charge is 2.32. The first-order valence-electron chi connectivity index (χ1n) is 11.4. The highest BCUT2D eigenvalue weighted by atomic mass is 16.5. The third-order valence-electron chi connectivity index (χ3n) is 5.62. The van der Waals surface area contributed by atoms with Crippen molar-refractivity contribution in [3.05, 3.63) is 90.0 Å². The van der Waals surface area contributed by atoms with E-state index in [1.807, 2.05) is 73.6 Å². The van der Waals surface area contributed by atoms with E-state index in [0.717, 1.165) is 16.8 Å². The molecular weight excluding hydrogens is 442 g/mol. The largest absolute Gasteiger partial charge is 0.497 e. The third kappa shape index (κ3) is 5.67. The summed E-state index contributed by atoms with van der Waals surface area (Å²) in [6, 6.07) is 23.8. The number of amides is 3. The molecule has 8 nitrogen and oxygen atoms in total. The molecule has 0 aromatic heterocycles. The maximum absolute atomic E-state index is 13.7. The Morgan fingerprint density at radius 1 is 1.03 bits per heavy atom. The van der Waals surface area contributed by atoms with Crippen molar-refractivity contribution in [2.45, 2.75) is 6.17 Å². The number of anilines is 2. The quantitative estimate of drug-likeness (QED) is 0.552. The molecule has 180 valence electrons. The fraction of sp³-hybridized carbons (Fsp3) is 0.222. The lowest BCUT2D eigenvalue weighted by molar-refractivity contribution is -0.120. The van der Waals surface area contributed by atoms with Crippen LogP contribution in [0.3, 0.4) is 0 Å². The summed E-state index contributed by atoms with van der Waals surface area (Å²) in [5.74, 6) is 0.314. The summed E-state index contributed by atoms with van der Waals surface area (Å²) in [7, 11) is 5.47. The number of para-hydroxylation sites is 1. The Balaban J connectivity index is 1.70. The second-order valence-electron chi connectivity index (χ2n) is 8.39. The number of hydrogen-bond donors (Lipinski definition) is 2. The van der Waals surface area contributed by atoms with Crippen molar-refractivity contribution in [2.75, 3.05) is 44.5 Å². The van der Waals surface area contributed by atoms with Gasteiger partial charge in [-0.1, -0.05) is 54.6 Å². The maximum atomic E-state index is 13.7. The molecule has 3 amide bonds. The smallest absolute Gasteiger partial charge is 0.321 e. The first-order chi connectivity index (χ1) is 17.0. The van der Waals surface area contributed by atoms with E-state index in [1.54, 1.807) is 36.3 Å². The van der Waals surface area contributed by atoms with Crippen molar-refractivity contribution < 1.29 is 14.3 Å². The molecule has 35 heavy (non-hydrogen) atoms. The van der Waals surface area contributed by atoms with Crippen LogP contribution in [0.5, 0.6) is 5.75 Å². The number of nitrogens with zero attached hydrogens (tertiary/aromatic N) is 3. The summed E-state index contributed by atoms with van der Waals surface area (Å²) in [6.07, 6.45) is -1.11. The minimum absolute atomic E-state index is 0.300. The van der Waals surface area contributed by atoms with E-state index < -0.39 is 12.2 Å². The van der Waals surface area contributed by atoms with E-state index in [-0.39, 0.29) is 5.91 Å². The fourth-order valence-corrected chi connectivity index (χ4v) is 3.87. The summed E-state index contributed by atoms with van der Waals surface area (Å²) >= 11 is 0. The molecule has 8 heteroatoms. The van der Waals surface area contributed by atoms with E-state index in [2.05, 4.69) is 10.6 Å². The van der Waals surface area contributed by atoms with Gasteiger partial charge >= 0.3 is 6.03 Å². The number of methoxy groups -OCH3 is 1. The molecule has 2 N–H and O–H groups in total. The number of benzene rings is 3. The Bertz CT molecular complexity index is 1230. The van der Waals surface area contributed by atoms with E-state index in [9.17, 15) is 9.59 Å². The molecular formula is C27H29N5O3. The molecule has 1 aliphatic heterocycles. The van der Waals surface area contributed by atoms with Crippen LogP contribution in [0, 0.1) is 0 Å². The number of urea groups is 1. The second kappa shape index (κ2) is 10.8. The molecule has 0 fully saturated rings. The first kappa shape index (κ1) is 24.0. The minimum atomic E-state index is -1.11. The van der Waals surface area contributed by atoms with Gasteiger partial charge in [-0.2, -0.15) is 0 Å². The Kier molecular flexibility index (Phi) is 7.42. The molecule has 3 aromatic rings. The Labute approximate surface area is 205 Å². The summed E-state index contributed by atoms with van der Waals surface area (Å²) in [6.45, 7) is 1.11. The predicted molar refractivity (Wildman–Crippen MR) is 138 cm³/mol. The fourth-order valence-electron chi connectivity index (χ4n) is 3.87. The van der Waals surface area contributed by atoms with Crippen molar-refractivity contribution >= 4 is 29.0 Å². The molecule has 0 saturated heterocycles. The van der Waals surface area contributed by atoms with Crippen LogP contribution in [0.1, 0.15) is 11.1 Å². The number of ether oxygens (including phenoxy) is 1. The van der Waals surface area contributed by atoms with Gasteiger partial charge < -0.3 is 25.2 Å². The van der Waals surface area contributed by atoms with Gasteiger partial charge in [-0.15, -0.1) is 0 Å². The number of hydrogen-bond acceptors (Lipinski definition) is 5. The zero-order valence-electron chi connectivity index (χ0n) is 20.1. The SMILES string of the molecule is COc1cccc(NC(=O)NC2N=C(c3ccccc3)c3ccccc3N(CCN(C)C)C2=O)c1. The van der Waals surface area contributed by atoms with Crippen molar-refractivity contribution in [3.63, 3.8) is 0 Å². The van der Waals surface area contributed by atoms with E-state index in [4.69, 9.17) is 9.73 Å². The number of carbonyl (C=O) groups excluding carboxylic acids is 2. The normalized spacial score (nSPS) is 15.2. The van der Waals surface area contributed by atoms with Gasteiger partial charge in [-0.3, -0.25) is 4.79 Å². The van der Waals surface area contributed by atoms with Gasteiger partial charge in [0, 0.05) is 36.0 Å². The zero-order valence-corrected chi connectivity index (χ0v) is 20.1. The molecule has 3 aromatic carbocycles. The molecule has 0 saturated carbocycles. The minimum Gasteiger partial charge on any atom is -0.497 e. The number of carbonyl (C=O) groups is 2. The van der Waals surface area contributed by atoms with Gasteiger partial charge in [0.1, 0.15) is 5.75 Å². The molecule has 1 unspecified atom stereocenters. The average Bonchev–Trinajstić information content (AvgIpc) is 2.98. The number of fused-ring (bicyclic) bond motifs is 1. The van der Waals surface area contributed by atoms with Gasteiger partial charge in [-0.05, 0) is 32.3 Å². The van der Waals surface area contributed by atoms with Crippen LogP contribution in [0.15, 0.2) is 83.9 Å². The predicted octanol–water partition coefficient (Wildman–Crippen LogP) is 3.59. The number of likely N-dealkylation sites (N-methyl/N-ethyl adjacent to an activating group) is 1.